The Balaban J connectivity index is 1.97. The van der Waals surface area contributed by atoms with Crippen LogP contribution in [0.4, 0.5) is 4.79 Å². The summed E-state index contributed by atoms with van der Waals surface area (Å²) in [5.74, 6) is 0. The minimum absolute atomic E-state index is 0.0964. The zero-order valence-corrected chi connectivity index (χ0v) is 13.9. The van der Waals surface area contributed by atoms with Crippen molar-refractivity contribution in [1.29, 1.82) is 0 Å². The van der Waals surface area contributed by atoms with Gasteiger partial charge in [-0.15, -0.1) is 0 Å². The van der Waals surface area contributed by atoms with E-state index < -0.39 is 0 Å². The molecule has 1 heterocycles. The highest BCUT2D eigenvalue weighted by Gasteiger charge is 2.33. The molecule has 23 heavy (non-hydrogen) atoms. The van der Waals surface area contributed by atoms with Crippen LogP contribution in [0.2, 0.25) is 0 Å². The number of amides is 1. The fourth-order valence-corrected chi connectivity index (χ4v) is 3.24. The van der Waals surface area contributed by atoms with Gasteiger partial charge in [0.25, 0.3) is 0 Å². The van der Waals surface area contributed by atoms with Crippen molar-refractivity contribution < 1.29 is 14.6 Å². The molecular formula is C18H28N2O3. The van der Waals surface area contributed by atoms with Crippen LogP contribution < -0.4 is 5.32 Å². The van der Waals surface area contributed by atoms with Gasteiger partial charge in [0.2, 0.25) is 0 Å². The first-order valence-electron chi connectivity index (χ1n) is 8.57. The Hall–Kier alpha value is -1.59. The number of carbonyl (C=O) groups excluding carboxylic acids is 1. The molecule has 1 aliphatic heterocycles. The normalized spacial score (nSPS) is 19.4. The Morgan fingerprint density at radius 3 is 2.87 bits per heavy atom. The molecule has 0 aliphatic carbocycles. The predicted octanol–water partition coefficient (Wildman–Crippen LogP) is 2.54. The van der Waals surface area contributed by atoms with Gasteiger partial charge in [0, 0.05) is 19.2 Å². The number of hydrogen-bond donors (Lipinski definition) is 2. The minimum Gasteiger partial charge on any atom is -0.445 e. The number of hydrogen-bond acceptors (Lipinski definition) is 4. The third kappa shape index (κ3) is 5.22. The molecular weight excluding hydrogens is 292 g/mol. The fraction of sp³-hybridized carbons (Fsp3) is 0.611. The van der Waals surface area contributed by atoms with Crippen LogP contribution in [-0.4, -0.2) is 47.9 Å². The monoisotopic (exact) mass is 320 g/mol. The Morgan fingerprint density at radius 1 is 1.39 bits per heavy atom. The maximum absolute atomic E-state index is 12.5. The van der Waals surface area contributed by atoms with Crippen LogP contribution in [0.15, 0.2) is 30.3 Å². The molecule has 0 aromatic heterocycles. The molecule has 0 bridgehead atoms. The van der Waals surface area contributed by atoms with Crippen LogP contribution in [0.5, 0.6) is 0 Å². The number of aliphatic hydroxyl groups excluding tert-OH is 1. The lowest BCUT2D eigenvalue weighted by atomic mass is 9.94. The Labute approximate surface area is 138 Å². The van der Waals surface area contributed by atoms with E-state index in [-0.39, 0.29) is 24.8 Å². The van der Waals surface area contributed by atoms with E-state index in [1.807, 2.05) is 42.2 Å². The van der Waals surface area contributed by atoms with Gasteiger partial charge in [-0.1, -0.05) is 37.3 Å². The zero-order valence-electron chi connectivity index (χ0n) is 13.9. The highest BCUT2D eigenvalue weighted by Crippen LogP contribution is 2.22. The minimum atomic E-state index is -0.251. The van der Waals surface area contributed by atoms with E-state index in [9.17, 15) is 9.90 Å². The largest absolute Gasteiger partial charge is 0.445 e. The molecule has 2 unspecified atom stereocenters. The quantitative estimate of drug-likeness (QED) is 0.810. The van der Waals surface area contributed by atoms with Crippen molar-refractivity contribution in [1.82, 2.24) is 10.2 Å². The van der Waals surface area contributed by atoms with Gasteiger partial charge in [-0.25, -0.2) is 4.79 Å². The first-order chi connectivity index (χ1) is 11.3. The van der Waals surface area contributed by atoms with Crippen molar-refractivity contribution in [3.05, 3.63) is 35.9 Å². The van der Waals surface area contributed by atoms with E-state index in [4.69, 9.17) is 4.74 Å². The highest BCUT2D eigenvalue weighted by atomic mass is 16.6. The van der Waals surface area contributed by atoms with E-state index in [0.717, 1.165) is 37.9 Å². The first kappa shape index (κ1) is 17.8. The number of benzene rings is 1. The molecule has 5 heteroatoms. The topological polar surface area (TPSA) is 61.8 Å². The van der Waals surface area contributed by atoms with E-state index >= 15 is 0 Å². The first-order valence-corrected chi connectivity index (χ1v) is 8.57. The van der Waals surface area contributed by atoms with Crippen LogP contribution in [0.1, 0.15) is 38.2 Å². The molecule has 1 saturated heterocycles. The summed E-state index contributed by atoms with van der Waals surface area (Å²) in [7, 11) is 0. The van der Waals surface area contributed by atoms with Crippen LogP contribution in [-0.2, 0) is 11.3 Å². The van der Waals surface area contributed by atoms with E-state index in [1.54, 1.807) is 0 Å². The summed E-state index contributed by atoms with van der Waals surface area (Å²) >= 11 is 0. The lowest BCUT2D eigenvalue weighted by molar-refractivity contribution is 0.0542. The van der Waals surface area contributed by atoms with Crippen molar-refractivity contribution >= 4 is 6.09 Å². The van der Waals surface area contributed by atoms with Crippen molar-refractivity contribution in [2.75, 3.05) is 19.7 Å². The molecule has 1 aromatic rings. The summed E-state index contributed by atoms with van der Waals surface area (Å²) in [4.78, 5) is 14.4. The summed E-state index contributed by atoms with van der Waals surface area (Å²) in [5.41, 5.74) is 0.994. The number of piperidine rings is 1. The number of nitrogens with one attached hydrogen (secondary N) is 1. The molecule has 128 valence electrons. The lowest BCUT2D eigenvalue weighted by Gasteiger charge is -2.39. The molecule has 1 amide bonds. The second-order valence-electron chi connectivity index (χ2n) is 5.97. The Morgan fingerprint density at radius 2 is 2.17 bits per heavy atom. The molecule has 1 fully saturated rings. The summed E-state index contributed by atoms with van der Waals surface area (Å²) in [6, 6.07) is 9.95. The summed E-state index contributed by atoms with van der Waals surface area (Å²) in [6.45, 7) is 4.03. The Kier molecular flexibility index (Phi) is 7.36. The average molecular weight is 320 g/mol. The average Bonchev–Trinajstić information content (AvgIpc) is 2.60. The second-order valence-corrected chi connectivity index (χ2v) is 5.97. The van der Waals surface area contributed by atoms with Gasteiger partial charge in [0.05, 0.1) is 6.04 Å². The lowest BCUT2D eigenvalue weighted by Crippen LogP contribution is -2.54. The molecule has 2 atom stereocenters. The summed E-state index contributed by atoms with van der Waals surface area (Å²) in [6.07, 6.45) is 3.48. The molecule has 0 radical (unpaired) electrons. The number of rotatable bonds is 7. The highest BCUT2D eigenvalue weighted by molar-refractivity contribution is 5.68. The molecule has 0 saturated carbocycles. The van der Waals surface area contributed by atoms with Gasteiger partial charge in [0.1, 0.15) is 6.61 Å². The zero-order chi connectivity index (χ0) is 16.5. The number of nitrogens with zero attached hydrogens (tertiary/aromatic N) is 1. The molecule has 2 rings (SSSR count). The number of carbonyl (C=O) groups is 1. The van der Waals surface area contributed by atoms with Gasteiger partial charge >= 0.3 is 6.09 Å². The Bertz CT molecular complexity index is 461. The van der Waals surface area contributed by atoms with Crippen molar-refractivity contribution in [3.8, 4) is 0 Å². The fourth-order valence-electron chi connectivity index (χ4n) is 3.24. The van der Waals surface area contributed by atoms with Crippen LogP contribution >= 0.6 is 0 Å². The maximum atomic E-state index is 12.5. The van der Waals surface area contributed by atoms with Crippen molar-refractivity contribution in [3.63, 3.8) is 0 Å². The van der Waals surface area contributed by atoms with E-state index in [2.05, 4.69) is 5.32 Å². The standard InChI is InChI=1S/C18H28N2O3/c1-2-19-16(11-13-21)17-10-6-7-12-20(17)18(22)23-14-15-8-4-3-5-9-15/h3-5,8-9,16-17,19,21H,2,6-7,10-14H2,1H3. The molecule has 5 nitrogen and oxygen atoms in total. The third-order valence-electron chi connectivity index (χ3n) is 4.36. The van der Waals surface area contributed by atoms with Crippen molar-refractivity contribution in [2.45, 2.75) is 51.3 Å². The van der Waals surface area contributed by atoms with Crippen molar-refractivity contribution in [2.24, 2.45) is 0 Å². The number of aliphatic hydroxyl groups is 1. The van der Waals surface area contributed by atoms with Gasteiger partial charge in [-0.3, -0.25) is 0 Å². The third-order valence-corrected chi connectivity index (χ3v) is 4.36. The molecule has 2 N–H and O–H groups in total. The van der Waals surface area contributed by atoms with Crippen LogP contribution in [0.25, 0.3) is 0 Å². The van der Waals surface area contributed by atoms with Gasteiger partial charge in [-0.2, -0.15) is 0 Å². The SMILES string of the molecule is CCNC(CCO)C1CCCCN1C(=O)OCc1ccccc1. The second kappa shape index (κ2) is 9.53. The van der Waals surface area contributed by atoms with Gasteiger partial charge in [-0.05, 0) is 37.8 Å². The van der Waals surface area contributed by atoms with Crippen LogP contribution in [0, 0.1) is 0 Å². The van der Waals surface area contributed by atoms with Gasteiger partial charge in [0.15, 0.2) is 0 Å². The molecule has 1 aromatic carbocycles. The molecule has 1 aliphatic rings. The summed E-state index contributed by atoms with van der Waals surface area (Å²) in [5, 5.41) is 12.7. The molecule has 0 spiro atoms. The number of ether oxygens (including phenoxy) is 1. The van der Waals surface area contributed by atoms with Crippen LogP contribution in [0.3, 0.4) is 0 Å². The maximum Gasteiger partial charge on any atom is 0.410 e. The van der Waals surface area contributed by atoms with Gasteiger partial charge < -0.3 is 20.1 Å². The smallest absolute Gasteiger partial charge is 0.410 e. The summed E-state index contributed by atoms with van der Waals surface area (Å²) < 4.78 is 5.50. The number of likely N-dealkylation sites (N-methyl/N-ethyl adjacent to an activating group) is 1. The van der Waals surface area contributed by atoms with E-state index in [0.29, 0.717) is 13.0 Å². The predicted molar refractivity (Wildman–Crippen MR) is 90.1 cm³/mol. The van der Waals surface area contributed by atoms with E-state index in [1.165, 1.54) is 0 Å². The number of likely N-dealkylation sites (tertiary alicyclic amines) is 1.